The fraction of sp³-hybridized carbons (Fsp3) is 1.00. The van der Waals surface area contributed by atoms with Gasteiger partial charge in [0.2, 0.25) is 0 Å². The Labute approximate surface area is 117 Å². The molecule has 0 bridgehead atoms. The Morgan fingerprint density at radius 3 is 1.50 bits per heavy atom. The highest BCUT2D eigenvalue weighted by atomic mass is 31.2. The van der Waals surface area contributed by atoms with Crippen molar-refractivity contribution in [3.63, 3.8) is 0 Å². The zero-order chi connectivity index (χ0) is 16.0. The summed E-state index contributed by atoms with van der Waals surface area (Å²) in [6.45, 7) is 0. The average molecular weight is 335 g/mol. The first-order valence-corrected chi connectivity index (χ1v) is 9.40. The molecule has 0 aliphatic rings. The van der Waals surface area contributed by atoms with Crippen molar-refractivity contribution in [1.82, 2.24) is 0 Å². The van der Waals surface area contributed by atoms with E-state index in [-0.39, 0.29) is 12.8 Å². The van der Waals surface area contributed by atoms with Crippen molar-refractivity contribution in [2.75, 3.05) is 26.5 Å². The second-order valence-electron chi connectivity index (χ2n) is 4.54. The van der Waals surface area contributed by atoms with E-state index >= 15 is 0 Å². The predicted molar refractivity (Wildman–Crippen MR) is 72.6 cm³/mol. The largest absolute Gasteiger partial charge is 0.392 e. The van der Waals surface area contributed by atoms with Crippen LogP contribution in [0.2, 0.25) is 0 Å². The molecule has 9 nitrogen and oxygen atoms in total. The summed E-state index contributed by atoms with van der Waals surface area (Å²) in [5.41, 5.74) is 5.65. The second kappa shape index (κ2) is 8.58. The van der Waals surface area contributed by atoms with Crippen molar-refractivity contribution in [3.05, 3.63) is 0 Å². The second-order valence-corrected chi connectivity index (χ2v) is 8.55. The third-order valence-corrected chi connectivity index (χ3v) is 5.51. The van der Waals surface area contributed by atoms with Crippen LogP contribution in [0, 0.1) is 0 Å². The van der Waals surface area contributed by atoms with E-state index in [0.29, 0.717) is 0 Å². The maximum absolute atomic E-state index is 11.2. The third-order valence-electron chi connectivity index (χ3n) is 2.60. The van der Waals surface area contributed by atoms with Crippen LogP contribution in [0.3, 0.4) is 0 Å². The lowest BCUT2D eigenvalue weighted by molar-refractivity contribution is 0.137. The summed E-state index contributed by atoms with van der Waals surface area (Å²) in [4.78, 5) is 18.3. The number of aliphatic hydroxyl groups is 2. The van der Waals surface area contributed by atoms with Crippen molar-refractivity contribution in [1.29, 1.82) is 0 Å². The van der Waals surface area contributed by atoms with E-state index in [0.717, 1.165) is 14.2 Å². The van der Waals surface area contributed by atoms with Gasteiger partial charge in [0, 0.05) is 20.3 Å². The molecular formula is C9H23NO8P2. The van der Waals surface area contributed by atoms with Crippen molar-refractivity contribution < 1.29 is 38.2 Å². The van der Waals surface area contributed by atoms with Crippen molar-refractivity contribution in [3.8, 4) is 0 Å². The lowest BCUT2D eigenvalue weighted by Crippen LogP contribution is -2.32. The molecule has 0 aromatic heterocycles. The van der Waals surface area contributed by atoms with Gasteiger partial charge >= 0.3 is 15.2 Å². The average Bonchev–Trinajstić information content (AvgIpc) is 2.26. The van der Waals surface area contributed by atoms with E-state index in [2.05, 4.69) is 9.05 Å². The first kappa shape index (κ1) is 20.2. The van der Waals surface area contributed by atoms with Crippen molar-refractivity contribution in [2.24, 2.45) is 5.73 Å². The summed E-state index contributed by atoms with van der Waals surface area (Å²) in [7, 11) is -5.55. The van der Waals surface area contributed by atoms with Crippen LogP contribution in [0.5, 0.6) is 0 Å². The monoisotopic (exact) mass is 335 g/mol. The fourth-order valence-electron chi connectivity index (χ4n) is 1.63. The molecule has 0 fully saturated rings. The molecule has 0 spiro atoms. The maximum atomic E-state index is 11.2. The summed E-state index contributed by atoms with van der Waals surface area (Å²) in [5.74, 6) is 0. The minimum atomic E-state index is -3.83. The molecule has 6 N–H and O–H groups in total. The quantitative estimate of drug-likeness (QED) is 0.331. The minimum Gasteiger partial charge on any atom is -0.392 e. The SMILES string of the molecule is COP(=O)(O)CC(O)CC(N)CC(O)CP(=O)(O)OC. The first-order chi connectivity index (χ1) is 9.01. The van der Waals surface area contributed by atoms with Crippen LogP contribution < -0.4 is 5.73 Å². The van der Waals surface area contributed by atoms with Gasteiger partial charge in [0.15, 0.2) is 0 Å². The molecule has 0 amide bonds. The highest BCUT2D eigenvalue weighted by molar-refractivity contribution is 7.53. The maximum Gasteiger partial charge on any atom is 0.330 e. The molecule has 122 valence electrons. The molecule has 0 saturated carbocycles. The van der Waals surface area contributed by atoms with Gasteiger partial charge in [0.1, 0.15) is 0 Å². The number of nitrogens with two attached hydrogens (primary N) is 1. The fourth-order valence-corrected chi connectivity index (χ4v) is 3.29. The summed E-state index contributed by atoms with van der Waals surface area (Å²) in [6, 6.07) is -0.700. The summed E-state index contributed by atoms with van der Waals surface area (Å²) in [5, 5.41) is 19.2. The number of hydrogen-bond donors (Lipinski definition) is 5. The number of aliphatic hydroxyl groups excluding tert-OH is 2. The van der Waals surface area contributed by atoms with Crippen LogP contribution >= 0.6 is 15.2 Å². The van der Waals surface area contributed by atoms with Crippen LogP contribution in [0.4, 0.5) is 0 Å². The van der Waals surface area contributed by atoms with Crippen LogP contribution in [0.25, 0.3) is 0 Å². The first-order valence-electron chi connectivity index (χ1n) is 5.88. The Bertz CT molecular complexity index is 345. The van der Waals surface area contributed by atoms with Gasteiger partial charge in [-0.15, -0.1) is 0 Å². The van der Waals surface area contributed by atoms with E-state index in [1.165, 1.54) is 0 Å². The minimum absolute atomic E-state index is 0.0479. The molecule has 11 heteroatoms. The van der Waals surface area contributed by atoms with E-state index in [1.807, 2.05) is 0 Å². The zero-order valence-corrected chi connectivity index (χ0v) is 13.2. The molecule has 0 aromatic rings. The molecule has 0 aromatic carbocycles. The van der Waals surface area contributed by atoms with E-state index in [1.54, 1.807) is 0 Å². The standard InChI is InChI=1S/C9H23NO8P2/c1-17-19(13,14)5-8(11)3-7(10)4-9(12)6-20(15,16)18-2/h7-9,11-12H,3-6,10H2,1-2H3,(H,13,14)(H,15,16). The van der Waals surface area contributed by atoms with Gasteiger partial charge in [-0.2, -0.15) is 0 Å². The summed E-state index contributed by atoms with van der Waals surface area (Å²) < 4.78 is 31.1. The van der Waals surface area contributed by atoms with Crippen LogP contribution in [0.1, 0.15) is 12.8 Å². The Morgan fingerprint density at radius 2 is 1.25 bits per heavy atom. The van der Waals surface area contributed by atoms with E-state index in [9.17, 15) is 19.3 Å². The Hall–Kier alpha value is 0.180. The third kappa shape index (κ3) is 9.18. The van der Waals surface area contributed by atoms with E-state index < -0.39 is 45.8 Å². The Balaban J connectivity index is 4.19. The predicted octanol–water partition coefficient (Wildman–Crippen LogP) is -0.521. The van der Waals surface area contributed by atoms with Gasteiger partial charge in [-0.05, 0) is 12.8 Å². The molecule has 4 atom stereocenters. The van der Waals surface area contributed by atoms with Gasteiger partial charge in [0.25, 0.3) is 0 Å². The van der Waals surface area contributed by atoms with Crippen molar-refractivity contribution in [2.45, 2.75) is 31.1 Å². The Morgan fingerprint density at radius 1 is 0.950 bits per heavy atom. The number of rotatable bonds is 10. The van der Waals surface area contributed by atoms with Gasteiger partial charge in [0.05, 0.1) is 24.5 Å². The van der Waals surface area contributed by atoms with Crippen LogP contribution in [-0.4, -0.2) is 64.8 Å². The van der Waals surface area contributed by atoms with Gasteiger partial charge in [-0.1, -0.05) is 0 Å². The highest BCUT2D eigenvalue weighted by Crippen LogP contribution is 2.42. The molecule has 0 radical (unpaired) electrons. The van der Waals surface area contributed by atoms with Crippen LogP contribution in [-0.2, 0) is 18.2 Å². The highest BCUT2D eigenvalue weighted by Gasteiger charge is 2.27. The van der Waals surface area contributed by atoms with Gasteiger partial charge in [-0.3, -0.25) is 9.13 Å². The zero-order valence-electron chi connectivity index (χ0n) is 11.5. The Kier molecular flexibility index (Phi) is 8.66. The smallest absolute Gasteiger partial charge is 0.330 e. The van der Waals surface area contributed by atoms with Gasteiger partial charge < -0.3 is 34.8 Å². The summed E-state index contributed by atoms with van der Waals surface area (Å²) >= 11 is 0. The topological polar surface area (TPSA) is 160 Å². The molecule has 0 aliphatic heterocycles. The van der Waals surface area contributed by atoms with Gasteiger partial charge in [-0.25, -0.2) is 0 Å². The number of hydrogen-bond acceptors (Lipinski definition) is 7. The molecule has 0 saturated heterocycles. The molecule has 0 heterocycles. The van der Waals surface area contributed by atoms with Crippen LogP contribution in [0.15, 0.2) is 0 Å². The van der Waals surface area contributed by atoms with E-state index in [4.69, 9.17) is 15.5 Å². The molecule has 0 rings (SSSR count). The van der Waals surface area contributed by atoms with Crippen molar-refractivity contribution >= 4 is 15.2 Å². The molecule has 0 aliphatic carbocycles. The molecule has 4 unspecified atom stereocenters. The lowest BCUT2D eigenvalue weighted by Gasteiger charge is -2.21. The molecular weight excluding hydrogens is 312 g/mol. The lowest BCUT2D eigenvalue weighted by atomic mass is 10.1. The summed E-state index contributed by atoms with van der Waals surface area (Å²) in [6.07, 6.45) is -3.37. The normalized spacial score (nSPS) is 22.6. The molecule has 20 heavy (non-hydrogen) atoms.